The van der Waals surface area contributed by atoms with Gasteiger partial charge in [-0.1, -0.05) is 5.92 Å². The number of carbonyl (C=O) groups excluding carboxylic acids is 2. The van der Waals surface area contributed by atoms with E-state index in [1.54, 1.807) is 0 Å². The third kappa shape index (κ3) is 3.32. The lowest BCUT2D eigenvalue weighted by molar-refractivity contribution is -0.385. The van der Waals surface area contributed by atoms with Crippen LogP contribution in [0.3, 0.4) is 0 Å². The molecule has 0 aromatic heterocycles. The van der Waals surface area contributed by atoms with E-state index in [0.29, 0.717) is 0 Å². The molecule has 1 aromatic carbocycles. The first-order valence-electron chi connectivity index (χ1n) is 5.38. The van der Waals surface area contributed by atoms with Crippen LogP contribution < -0.4 is 0 Å². The van der Waals surface area contributed by atoms with Gasteiger partial charge in [0.1, 0.15) is 0 Å². The maximum Gasteiger partial charge on any atom is 0.384 e. The van der Waals surface area contributed by atoms with Crippen LogP contribution in [-0.4, -0.2) is 31.1 Å². The lowest BCUT2D eigenvalue weighted by atomic mass is 10.0. The number of esters is 2. The number of nitro groups is 1. The molecule has 0 heterocycles. The fraction of sp³-hybridized carbons (Fsp3) is 0.231. The van der Waals surface area contributed by atoms with Crippen molar-refractivity contribution in [2.45, 2.75) is 6.92 Å². The predicted octanol–water partition coefficient (Wildman–Crippen LogP) is 1.21. The molecule has 20 heavy (non-hydrogen) atoms. The SMILES string of the molecule is COC(=O)C#Cc1cc(C(=O)OC)c(C)c([N+](=O)[O-])c1. The number of rotatable bonds is 2. The first-order chi connectivity index (χ1) is 9.40. The Morgan fingerprint density at radius 1 is 1.25 bits per heavy atom. The van der Waals surface area contributed by atoms with Gasteiger partial charge in [-0.15, -0.1) is 0 Å². The van der Waals surface area contributed by atoms with Crippen LogP contribution in [0.4, 0.5) is 5.69 Å². The lowest BCUT2D eigenvalue weighted by Gasteiger charge is -2.05. The van der Waals surface area contributed by atoms with Crippen LogP contribution in [0.15, 0.2) is 12.1 Å². The van der Waals surface area contributed by atoms with Crippen molar-refractivity contribution in [3.05, 3.63) is 38.9 Å². The molecular formula is C13H11NO6. The van der Waals surface area contributed by atoms with Crippen molar-refractivity contribution in [1.82, 2.24) is 0 Å². The highest BCUT2D eigenvalue weighted by molar-refractivity contribution is 5.93. The summed E-state index contributed by atoms with van der Waals surface area (Å²) >= 11 is 0. The molecular weight excluding hydrogens is 266 g/mol. The van der Waals surface area contributed by atoms with Gasteiger partial charge in [-0.25, -0.2) is 9.59 Å². The predicted molar refractivity (Wildman–Crippen MR) is 68.1 cm³/mol. The third-order valence-electron chi connectivity index (χ3n) is 2.48. The quantitative estimate of drug-likeness (QED) is 0.349. The summed E-state index contributed by atoms with van der Waals surface area (Å²) in [5.41, 5.74) is 0.0662. The van der Waals surface area contributed by atoms with E-state index in [9.17, 15) is 19.7 Å². The fourth-order valence-electron chi connectivity index (χ4n) is 1.46. The summed E-state index contributed by atoms with van der Waals surface area (Å²) in [6.07, 6.45) is 0. The van der Waals surface area contributed by atoms with Gasteiger partial charge in [-0.2, -0.15) is 0 Å². The molecule has 0 saturated carbocycles. The first kappa shape index (κ1) is 15.2. The van der Waals surface area contributed by atoms with E-state index in [1.807, 2.05) is 0 Å². The van der Waals surface area contributed by atoms with Gasteiger partial charge in [0.2, 0.25) is 0 Å². The summed E-state index contributed by atoms with van der Waals surface area (Å²) < 4.78 is 8.89. The molecule has 0 aliphatic heterocycles. The zero-order chi connectivity index (χ0) is 15.3. The number of hydrogen-bond acceptors (Lipinski definition) is 6. The van der Waals surface area contributed by atoms with Gasteiger partial charge in [0.05, 0.1) is 24.7 Å². The van der Waals surface area contributed by atoms with Crippen molar-refractivity contribution in [2.24, 2.45) is 0 Å². The number of nitro benzene ring substituents is 1. The Morgan fingerprint density at radius 2 is 1.90 bits per heavy atom. The molecule has 1 aromatic rings. The average molecular weight is 277 g/mol. The molecule has 0 aliphatic rings. The van der Waals surface area contributed by atoms with E-state index < -0.39 is 16.9 Å². The number of benzene rings is 1. The molecule has 0 atom stereocenters. The molecule has 104 valence electrons. The summed E-state index contributed by atoms with van der Waals surface area (Å²) in [6.45, 7) is 1.43. The third-order valence-corrected chi connectivity index (χ3v) is 2.48. The summed E-state index contributed by atoms with van der Waals surface area (Å²) in [7, 11) is 2.33. The van der Waals surface area contributed by atoms with Crippen LogP contribution >= 0.6 is 0 Å². The Labute approximate surface area is 114 Å². The molecule has 0 aliphatic carbocycles. The van der Waals surface area contributed by atoms with Crippen LogP contribution in [0.5, 0.6) is 0 Å². The number of carbonyl (C=O) groups is 2. The molecule has 0 saturated heterocycles. The maximum absolute atomic E-state index is 11.6. The minimum Gasteiger partial charge on any atom is -0.465 e. The monoisotopic (exact) mass is 277 g/mol. The normalized spacial score (nSPS) is 9.15. The highest BCUT2D eigenvalue weighted by Crippen LogP contribution is 2.24. The van der Waals surface area contributed by atoms with Crippen LogP contribution in [0.25, 0.3) is 0 Å². The molecule has 0 bridgehead atoms. The Kier molecular flexibility index (Phi) is 4.81. The summed E-state index contributed by atoms with van der Waals surface area (Å²) in [5.74, 6) is 3.03. The Balaban J connectivity index is 3.43. The minimum atomic E-state index is -0.784. The van der Waals surface area contributed by atoms with Crippen molar-refractivity contribution in [3.8, 4) is 11.8 Å². The maximum atomic E-state index is 11.6. The second-order valence-corrected chi connectivity index (χ2v) is 3.66. The van der Waals surface area contributed by atoms with Gasteiger partial charge >= 0.3 is 11.9 Å². The molecule has 0 radical (unpaired) electrons. The van der Waals surface area contributed by atoms with Gasteiger partial charge in [-0.05, 0) is 13.0 Å². The topological polar surface area (TPSA) is 95.7 Å². The average Bonchev–Trinajstić information content (AvgIpc) is 2.44. The standard InChI is InChI=1S/C13H11NO6/c1-8-10(13(16)20-3)6-9(4-5-12(15)19-2)7-11(8)14(17)18/h6-7H,1-3H3. The van der Waals surface area contributed by atoms with E-state index in [2.05, 4.69) is 21.3 Å². The smallest absolute Gasteiger partial charge is 0.384 e. The number of hydrogen-bond donors (Lipinski definition) is 0. The van der Waals surface area contributed by atoms with Gasteiger partial charge < -0.3 is 9.47 Å². The highest BCUT2D eigenvalue weighted by atomic mass is 16.6. The zero-order valence-electron chi connectivity index (χ0n) is 11.1. The lowest BCUT2D eigenvalue weighted by Crippen LogP contribution is -2.07. The van der Waals surface area contributed by atoms with E-state index in [0.717, 1.165) is 7.11 Å². The second kappa shape index (κ2) is 6.33. The first-order valence-corrected chi connectivity index (χ1v) is 5.38. The molecule has 0 spiro atoms. The van der Waals surface area contributed by atoms with E-state index in [1.165, 1.54) is 26.2 Å². The highest BCUT2D eigenvalue weighted by Gasteiger charge is 2.20. The Bertz CT molecular complexity index is 638. The van der Waals surface area contributed by atoms with E-state index in [-0.39, 0.29) is 22.4 Å². The molecule has 0 fully saturated rings. The molecule has 0 unspecified atom stereocenters. The van der Waals surface area contributed by atoms with E-state index in [4.69, 9.17) is 0 Å². The van der Waals surface area contributed by atoms with Crippen molar-refractivity contribution in [1.29, 1.82) is 0 Å². The summed E-state index contributed by atoms with van der Waals surface area (Å²) in [5, 5.41) is 10.9. The van der Waals surface area contributed by atoms with Crippen LogP contribution in [0.1, 0.15) is 21.5 Å². The second-order valence-electron chi connectivity index (χ2n) is 3.66. The fourth-order valence-corrected chi connectivity index (χ4v) is 1.46. The van der Waals surface area contributed by atoms with Gasteiger partial charge in [-0.3, -0.25) is 10.1 Å². The summed E-state index contributed by atoms with van der Waals surface area (Å²) in [4.78, 5) is 32.8. The largest absolute Gasteiger partial charge is 0.465 e. The Morgan fingerprint density at radius 3 is 2.40 bits per heavy atom. The minimum absolute atomic E-state index is 0.0239. The molecule has 0 amide bonds. The van der Waals surface area contributed by atoms with Gasteiger partial charge in [0, 0.05) is 23.1 Å². The van der Waals surface area contributed by atoms with Gasteiger partial charge in [0.25, 0.3) is 5.69 Å². The number of nitrogens with zero attached hydrogens (tertiary/aromatic N) is 1. The van der Waals surface area contributed by atoms with Crippen molar-refractivity contribution >= 4 is 17.6 Å². The number of ether oxygens (including phenoxy) is 2. The zero-order valence-corrected chi connectivity index (χ0v) is 11.1. The van der Waals surface area contributed by atoms with Crippen molar-refractivity contribution in [3.63, 3.8) is 0 Å². The molecule has 7 nitrogen and oxygen atoms in total. The van der Waals surface area contributed by atoms with Crippen molar-refractivity contribution in [2.75, 3.05) is 14.2 Å². The van der Waals surface area contributed by atoms with Crippen LogP contribution in [0, 0.1) is 28.9 Å². The summed E-state index contributed by atoms with van der Waals surface area (Å²) in [6, 6.07) is 2.50. The molecule has 1 rings (SSSR count). The number of methoxy groups -OCH3 is 2. The van der Waals surface area contributed by atoms with Gasteiger partial charge in [0.15, 0.2) is 0 Å². The van der Waals surface area contributed by atoms with Crippen LogP contribution in [0.2, 0.25) is 0 Å². The molecule has 0 N–H and O–H groups in total. The Hall–Kier alpha value is -2.88. The van der Waals surface area contributed by atoms with E-state index >= 15 is 0 Å². The van der Waals surface area contributed by atoms with Crippen LogP contribution in [-0.2, 0) is 14.3 Å². The molecule has 7 heteroatoms. The van der Waals surface area contributed by atoms with Crippen molar-refractivity contribution < 1.29 is 24.0 Å².